The van der Waals surface area contributed by atoms with Crippen LogP contribution >= 0.6 is 12.2 Å². The molecule has 2 atom stereocenters. The highest BCUT2D eigenvalue weighted by Gasteiger charge is 2.32. The number of hydrogen-bond acceptors (Lipinski definition) is 6. The number of hydrogen-bond donors (Lipinski definition) is 1. The van der Waals surface area contributed by atoms with E-state index in [-0.39, 0.29) is 0 Å². The zero-order valence-corrected chi connectivity index (χ0v) is 15.7. The van der Waals surface area contributed by atoms with Crippen molar-refractivity contribution < 1.29 is 9.22 Å². The number of aromatic nitrogens is 3. The predicted octanol–water partition coefficient (Wildman–Crippen LogP) is 4.10. The third-order valence-corrected chi connectivity index (χ3v) is 6.10. The van der Waals surface area contributed by atoms with E-state index < -0.39 is 0 Å². The van der Waals surface area contributed by atoms with Crippen molar-refractivity contribution in [3.05, 3.63) is 11.6 Å². The summed E-state index contributed by atoms with van der Waals surface area (Å²) in [7, 11) is 1.52. The fraction of sp³-hybridized carbons (Fsp3) is 0.882. The Morgan fingerprint density at radius 2 is 1.75 bits per heavy atom. The molecule has 2 unspecified atom stereocenters. The lowest BCUT2D eigenvalue weighted by atomic mass is 9.84. The molecule has 1 aromatic heterocycles. The summed E-state index contributed by atoms with van der Waals surface area (Å²) in [4.78, 5) is 4.67. The minimum Gasteiger partial charge on any atom is -0.315 e. The fourth-order valence-electron chi connectivity index (χ4n) is 4.29. The van der Waals surface area contributed by atoms with E-state index in [4.69, 9.17) is 4.33 Å². The van der Waals surface area contributed by atoms with Crippen molar-refractivity contribution in [3.63, 3.8) is 0 Å². The van der Waals surface area contributed by atoms with Crippen LogP contribution in [0.25, 0.3) is 0 Å². The quantitative estimate of drug-likeness (QED) is 0.261. The molecule has 0 radical (unpaired) electrons. The zero-order valence-electron chi connectivity index (χ0n) is 14.9. The molecule has 1 aromatic rings. The highest BCUT2D eigenvalue weighted by Crippen LogP contribution is 2.37. The van der Waals surface area contributed by atoms with Crippen LogP contribution in [0.3, 0.4) is 0 Å². The van der Waals surface area contributed by atoms with E-state index in [0.29, 0.717) is 17.9 Å². The van der Waals surface area contributed by atoms with Crippen molar-refractivity contribution >= 4 is 12.2 Å². The first-order valence-corrected chi connectivity index (χ1v) is 10.1. The molecule has 1 heterocycles. The molecule has 7 heteroatoms. The SMILES string of the molecule is CCn1c(C2CCCCC2)nnc1C1CCCCC1NSOOC. The highest BCUT2D eigenvalue weighted by atomic mass is 32.2. The summed E-state index contributed by atoms with van der Waals surface area (Å²) >= 11 is 1.18. The van der Waals surface area contributed by atoms with Gasteiger partial charge in [-0.25, -0.2) is 9.61 Å². The maximum absolute atomic E-state index is 4.94. The van der Waals surface area contributed by atoms with Crippen molar-refractivity contribution in [1.82, 2.24) is 19.5 Å². The Labute approximate surface area is 149 Å². The van der Waals surface area contributed by atoms with Crippen LogP contribution in [0.1, 0.15) is 88.2 Å². The Morgan fingerprint density at radius 3 is 2.50 bits per heavy atom. The van der Waals surface area contributed by atoms with Crippen LogP contribution in [0.5, 0.6) is 0 Å². The van der Waals surface area contributed by atoms with E-state index >= 15 is 0 Å². The Bertz CT molecular complexity index is 505. The minimum absolute atomic E-state index is 0.354. The monoisotopic (exact) mass is 354 g/mol. The molecule has 0 aliphatic heterocycles. The summed E-state index contributed by atoms with van der Waals surface area (Å²) in [6.07, 6.45) is 11.4. The zero-order chi connectivity index (χ0) is 16.8. The Kier molecular flexibility index (Phi) is 6.95. The summed E-state index contributed by atoms with van der Waals surface area (Å²) in [5.74, 6) is 3.38. The van der Waals surface area contributed by atoms with E-state index in [1.807, 2.05) is 0 Å². The molecule has 6 nitrogen and oxygen atoms in total. The van der Waals surface area contributed by atoms with Crippen LogP contribution in [0.2, 0.25) is 0 Å². The van der Waals surface area contributed by atoms with Gasteiger partial charge < -0.3 is 4.57 Å². The van der Waals surface area contributed by atoms with Gasteiger partial charge in [0.25, 0.3) is 0 Å². The van der Waals surface area contributed by atoms with Crippen LogP contribution in [-0.2, 0) is 15.8 Å². The van der Waals surface area contributed by atoms with Crippen molar-refractivity contribution in [2.24, 2.45) is 0 Å². The van der Waals surface area contributed by atoms with Gasteiger partial charge in [0.05, 0.1) is 7.11 Å². The maximum atomic E-state index is 4.94. The van der Waals surface area contributed by atoms with Gasteiger partial charge in [-0.3, -0.25) is 0 Å². The summed E-state index contributed by atoms with van der Waals surface area (Å²) < 4.78 is 10.7. The lowest BCUT2D eigenvalue weighted by Gasteiger charge is -2.31. The van der Waals surface area contributed by atoms with E-state index in [2.05, 4.69) is 31.3 Å². The summed E-state index contributed by atoms with van der Waals surface area (Å²) in [6.45, 7) is 3.17. The van der Waals surface area contributed by atoms with Crippen molar-refractivity contribution in [1.29, 1.82) is 0 Å². The number of nitrogens with one attached hydrogen (secondary N) is 1. The highest BCUT2D eigenvalue weighted by molar-refractivity contribution is 7.92. The van der Waals surface area contributed by atoms with Crippen molar-refractivity contribution in [2.45, 2.75) is 89.1 Å². The second-order valence-electron chi connectivity index (χ2n) is 6.93. The average Bonchev–Trinajstić information content (AvgIpc) is 3.07. The average molecular weight is 355 g/mol. The summed E-state index contributed by atoms with van der Waals surface area (Å²) in [5, 5.41) is 9.30. The first-order valence-electron chi connectivity index (χ1n) is 9.40. The molecule has 0 saturated heterocycles. The van der Waals surface area contributed by atoms with Crippen LogP contribution in [0.15, 0.2) is 0 Å². The van der Waals surface area contributed by atoms with Crippen molar-refractivity contribution in [2.75, 3.05) is 7.11 Å². The molecule has 2 aliphatic rings. The maximum Gasteiger partial charge on any atom is 0.137 e. The molecule has 2 saturated carbocycles. The Morgan fingerprint density at radius 1 is 1.04 bits per heavy atom. The first-order chi connectivity index (χ1) is 11.8. The van der Waals surface area contributed by atoms with Crippen molar-refractivity contribution in [3.8, 4) is 0 Å². The first kappa shape index (κ1) is 18.2. The van der Waals surface area contributed by atoms with Crippen LogP contribution in [0, 0.1) is 0 Å². The summed E-state index contributed by atoms with van der Waals surface area (Å²) in [6, 6.07) is 0.354. The normalized spacial score (nSPS) is 25.9. The molecule has 136 valence electrons. The fourth-order valence-corrected chi connectivity index (χ4v) is 4.80. The van der Waals surface area contributed by atoms with Crippen LogP contribution < -0.4 is 4.72 Å². The third kappa shape index (κ3) is 4.12. The standard InChI is InChI=1S/C17H30N4O2S/c1-3-21-16(13-9-5-4-6-10-13)18-19-17(21)14-11-7-8-12-15(14)20-24-23-22-2/h13-15,20H,3-12H2,1-2H3. The molecule has 24 heavy (non-hydrogen) atoms. The molecule has 0 spiro atoms. The van der Waals surface area contributed by atoms with Gasteiger partial charge in [0.2, 0.25) is 0 Å². The number of rotatable bonds is 7. The molecule has 1 N–H and O–H groups in total. The van der Waals surface area contributed by atoms with Gasteiger partial charge in [0.1, 0.15) is 23.9 Å². The van der Waals surface area contributed by atoms with Gasteiger partial charge >= 0.3 is 0 Å². The molecule has 0 aromatic carbocycles. The van der Waals surface area contributed by atoms with Gasteiger partial charge in [0.15, 0.2) is 0 Å². The van der Waals surface area contributed by atoms with E-state index in [0.717, 1.165) is 25.2 Å². The van der Waals surface area contributed by atoms with Gasteiger partial charge in [-0.2, -0.15) is 0 Å². The second kappa shape index (κ2) is 9.17. The van der Waals surface area contributed by atoms with E-state index in [1.54, 1.807) is 0 Å². The molecule has 3 rings (SSSR count). The van der Waals surface area contributed by atoms with Gasteiger partial charge in [0, 0.05) is 24.4 Å². The smallest absolute Gasteiger partial charge is 0.137 e. The molecule has 0 amide bonds. The lowest BCUT2D eigenvalue weighted by molar-refractivity contribution is -0.161. The van der Waals surface area contributed by atoms with Crippen LogP contribution in [-0.4, -0.2) is 27.9 Å². The third-order valence-electron chi connectivity index (χ3n) is 5.49. The second-order valence-corrected chi connectivity index (χ2v) is 7.47. The van der Waals surface area contributed by atoms with E-state index in [9.17, 15) is 0 Å². The molecule has 2 aliphatic carbocycles. The van der Waals surface area contributed by atoms with Crippen LogP contribution in [0.4, 0.5) is 0 Å². The van der Waals surface area contributed by atoms with Gasteiger partial charge in [-0.1, -0.05) is 32.1 Å². The van der Waals surface area contributed by atoms with Gasteiger partial charge in [-0.05, 0) is 32.6 Å². The Hall–Kier alpha value is -0.630. The molecular weight excluding hydrogens is 324 g/mol. The Balaban J connectivity index is 1.77. The number of nitrogens with zero attached hydrogens (tertiary/aromatic N) is 3. The van der Waals surface area contributed by atoms with Gasteiger partial charge in [-0.15, -0.1) is 14.5 Å². The van der Waals surface area contributed by atoms with E-state index in [1.165, 1.54) is 70.1 Å². The topological polar surface area (TPSA) is 61.2 Å². The summed E-state index contributed by atoms with van der Waals surface area (Å²) in [5.41, 5.74) is 0. The molecule has 0 bridgehead atoms. The predicted molar refractivity (Wildman–Crippen MR) is 95.3 cm³/mol. The lowest BCUT2D eigenvalue weighted by Crippen LogP contribution is -2.35. The minimum atomic E-state index is 0.354. The largest absolute Gasteiger partial charge is 0.315 e. The molecular formula is C17H30N4O2S. The molecule has 2 fully saturated rings.